The first-order valence-electron chi connectivity index (χ1n) is 3.53. The highest BCUT2D eigenvalue weighted by Gasteiger charge is 2.24. The Bertz CT molecular complexity index is 139. The van der Waals surface area contributed by atoms with Gasteiger partial charge in [0.1, 0.15) is 6.61 Å². The van der Waals surface area contributed by atoms with Gasteiger partial charge in [0.15, 0.2) is 0 Å². The van der Waals surface area contributed by atoms with E-state index >= 15 is 0 Å². The van der Waals surface area contributed by atoms with Crippen LogP contribution in [0.25, 0.3) is 0 Å². The molecule has 1 fully saturated rings. The van der Waals surface area contributed by atoms with Crippen molar-refractivity contribution in [3.05, 3.63) is 0 Å². The number of ether oxygens (including phenoxy) is 1. The van der Waals surface area contributed by atoms with Gasteiger partial charge in [-0.15, -0.1) is 6.42 Å². The van der Waals surface area contributed by atoms with Crippen LogP contribution in [0.5, 0.6) is 0 Å². The molecule has 0 spiro atoms. The zero-order valence-corrected chi connectivity index (χ0v) is 7.43. The molecule has 0 bridgehead atoms. The molecule has 1 nitrogen and oxygen atoms in total. The van der Waals surface area contributed by atoms with Crippen LogP contribution in [0.1, 0.15) is 19.3 Å². The Morgan fingerprint density at radius 2 is 2.40 bits per heavy atom. The van der Waals surface area contributed by atoms with E-state index in [2.05, 4.69) is 21.9 Å². The van der Waals surface area contributed by atoms with Crippen LogP contribution < -0.4 is 0 Å². The maximum atomic E-state index is 5.38. The average molecular weight is 203 g/mol. The fourth-order valence-electron chi connectivity index (χ4n) is 1.22. The zero-order chi connectivity index (χ0) is 7.40. The molecule has 0 aromatic carbocycles. The lowest BCUT2D eigenvalue weighted by Gasteiger charge is -2.12. The number of halogens is 1. The molecule has 1 aliphatic carbocycles. The average Bonchev–Trinajstić information content (AvgIpc) is 2.31. The predicted molar refractivity (Wildman–Crippen MR) is 45.1 cm³/mol. The monoisotopic (exact) mass is 202 g/mol. The van der Waals surface area contributed by atoms with Gasteiger partial charge in [-0.2, -0.15) is 0 Å². The van der Waals surface area contributed by atoms with Crippen LogP contribution in [-0.2, 0) is 4.74 Å². The van der Waals surface area contributed by atoms with Gasteiger partial charge >= 0.3 is 0 Å². The molecule has 0 heterocycles. The molecule has 0 saturated heterocycles. The van der Waals surface area contributed by atoms with E-state index in [0.29, 0.717) is 17.5 Å². The number of terminal acetylenes is 1. The molecule has 0 unspecified atom stereocenters. The highest BCUT2D eigenvalue weighted by atomic mass is 79.9. The van der Waals surface area contributed by atoms with Crippen LogP contribution in [0.2, 0.25) is 0 Å². The number of hydrogen-bond acceptors (Lipinski definition) is 1. The van der Waals surface area contributed by atoms with Gasteiger partial charge in [-0.1, -0.05) is 21.9 Å². The normalized spacial score (nSPS) is 32.0. The Balaban J connectivity index is 2.21. The molecule has 10 heavy (non-hydrogen) atoms. The zero-order valence-electron chi connectivity index (χ0n) is 5.85. The summed E-state index contributed by atoms with van der Waals surface area (Å²) in [5.41, 5.74) is 0. The highest BCUT2D eigenvalue weighted by Crippen LogP contribution is 2.27. The smallest absolute Gasteiger partial charge is 0.107 e. The van der Waals surface area contributed by atoms with Crippen molar-refractivity contribution in [1.29, 1.82) is 0 Å². The van der Waals surface area contributed by atoms with E-state index in [1.54, 1.807) is 0 Å². The van der Waals surface area contributed by atoms with Crippen molar-refractivity contribution >= 4 is 15.9 Å². The van der Waals surface area contributed by atoms with Crippen LogP contribution in [0.3, 0.4) is 0 Å². The largest absolute Gasteiger partial charge is 0.364 e. The Morgan fingerprint density at radius 1 is 1.60 bits per heavy atom. The Morgan fingerprint density at radius 3 is 2.90 bits per heavy atom. The first-order chi connectivity index (χ1) is 4.84. The highest BCUT2D eigenvalue weighted by molar-refractivity contribution is 9.09. The van der Waals surface area contributed by atoms with Gasteiger partial charge in [-0.05, 0) is 19.3 Å². The van der Waals surface area contributed by atoms with Crippen LogP contribution >= 0.6 is 15.9 Å². The Hall–Kier alpha value is 0. The molecule has 0 radical (unpaired) electrons. The lowest BCUT2D eigenvalue weighted by Crippen LogP contribution is -2.17. The summed E-state index contributed by atoms with van der Waals surface area (Å²) in [5, 5.41) is 0. The van der Waals surface area contributed by atoms with Gasteiger partial charge in [0, 0.05) is 4.83 Å². The van der Waals surface area contributed by atoms with E-state index in [1.165, 1.54) is 12.8 Å². The minimum atomic E-state index is 0.357. The molecule has 0 amide bonds. The lowest BCUT2D eigenvalue weighted by molar-refractivity contribution is 0.0886. The van der Waals surface area contributed by atoms with E-state index in [4.69, 9.17) is 11.2 Å². The van der Waals surface area contributed by atoms with Crippen molar-refractivity contribution in [3.63, 3.8) is 0 Å². The summed E-state index contributed by atoms with van der Waals surface area (Å²) in [7, 11) is 0. The second kappa shape index (κ2) is 4.00. The van der Waals surface area contributed by atoms with Crippen molar-refractivity contribution < 1.29 is 4.74 Å². The first kappa shape index (κ1) is 8.10. The second-order valence-electron chi connectivity index (χ2n) is 2.50. The summed E-state index contributed by atoms with van der Waals surface area (Å²) in [6, 6.07) is 0. The summed E-state index contributed by atoms with van der Waals surface area (Å²) in [5.74, 6) is 2.47. The molecule has 1 rings (SSSR count). The lowest BCUT2D eigenvalue weighted by atomic mass is 10.3. The number of rotatable bonds is 2. The minimum Gasteiger partial charge on any atom is -0.364 e. The molecule has 1 saturated carbocycles. The van der Waals surface area contributed by atoms with Gasteiger partial charge in [0.2, 0.25) is 0 Å². The SMILES string of the molecule is C#CCO[C@@H]1CCC[C@H]1Br. The molecule has 0 N–H and O–H groups in total. The molecular weight excluding hydrogens is 192 g/mol. The van der Waals surface area contributed by atoms with E-state index in [1.807, 2.05) is 0 Å². The van der Waals surface area contributed by atoms with E-state index in [0.717, 1.165) is 6.42 Å². The number of hydrogen-bond donors (Lipinski definition) is 0. The van der Waals surface area contributed by atoms with Gasteiger partial charge in [0.05, 0.1) is 6.10 Å². The van der Waals surface area contributed by atoms with Crippen LogP contribution in [0.4, 0.5) is 0 Å². The van der Waals surface area contributed by atoms with E-state index < -0.39 is 0 Å². The third-order valence-corrected chi connectivity index (χ3v) is 2.80. The van der Waals surface area contributed by atoms with Crippen molar-refractivity contribution in [2.24, 2.45) is 0 Å². The molecule has 0 aromatic rings. The Kier molecular flexibility index (Phi) is 3.24. The molecular formula is C8H11BrO. The summed E-state index contributed by atoms with van der Waals surface area (Å²) in [6.45, 7) is 0.451. The summed E-state index contributed by atoms with van der Waals surface area (Å²) in [6.07, 6.45) is 9.04. The molecule has 0 aliphatic heterocycles. The number of alkyl halides is 1. The fraction of sp³-hybridized carbons (Fsp3) is 0.750. The maximum Gasteiger partial charge on any atom is 0.107 e. The van der Waals surface area contributed by atoms with Gasteiger partial charge in [-0.3, -0.25) is 0 Å². The third-order valence-electron chi connectivity index (χ3n) is 1.75. The molecule has 2 atom stereocenters. The summed E-state index contributed by atoms with van der Waals surface area (Å²) < 4.78 is 5.38. The quantitative estimate of drug-likeness (QED) is 0.492. The summed E-state index contributed by atoms with van der Waals surface area (Å²) in [4.78, 5) is 0.529. The Labute approximate surface area is 70.3 Å². The van der Waals surface area contributed by atoms with Crippen molar-refractivity contribution in [3.8, 4) is 12.3 Å². The van der Waals surface area contributed by atoms with Gasteiger partial charge < -0.3 is 4.74 Å². The first-order valence-corrected chi connectivity index (χ1v) is 4.45. The molecule has 2 heteroatoms. The van der Waals surface area contributed by atoms with E-state index in [-0.39, 0.29) is 0 Å². The minimum absolute atomic E-state index is 0.357. The van der Waals surface area contributed by atoms with Crippen LogP contribution in [0, 0.1) is 12.3 Å². The van der Waals surface area contributed by atoms with Crippen LogP contribution in [-0.4, -0.2) is 17.5 Å². The maximum absolute atomic E-state index is 5.38. The predicted octanol–water partition coefficient (Wildman–Crippen LogP) is 1.95. The van der Waals surface area contributed by atoms with Crippen molar-refractivity contribution in [1.82, 2.24) is 0 Å². The second-order valence-corrected chi connectivity index (χ2v) is 3.68. The molecule has 1 aliphatic rings. The molecule has 56 valence electrons. The van der Waals surface area contributed by atoms with Gasteiger partial charge in [-0.25, -0.2) is 0 Å². The summed E-state index contributed by atoms with van der Waals surface area (Å²) >= 11 is 3.54. The van der Waals surface area contributed by atoms with Crippen LogP contribution in [0.15, 0.2) is 0 Å². The fourth-order valence-corrected chi connectivity index (χ4v) is 1.96. The van der Waals surface area contributed by atoms with Crippen molar-refractivity contribution in [2.45, 2.75) is 30.2 Å². The van der Waals surface area contributed by atoms with Crippen molar-refractivity contribution in [2.75, 3.05) is 6.61 Å². The molecule has 0 aromatic heterocycles. The van der Waals surface area contributed by atoms with E-state index in [9.17, 15) is 0 Å². The third kappa shape index (κ3) is 2.00. The topological polar surface area (TPSA) is 9.23 Å². The standard InChI is InChI=1S/C8H11BrO/c1-2-6-10-8-5-3-4-7(8)9/h1,7-8H,3-6H2/t7-,8-/m1/s1. The van der Waals surface area contributed by atoms with Gasteiger partial charge in [0.25, 0.3) is 0 Å².